The van der Waals surface area contributed by atoms with E-state index in [9.17, 15) is 4.79 Å². The van der Waals surface area contributed by atoms with Gasteiger partial charge in [-0.3, -0.25) is 0 Å². The van der Waals surface area contributed by atoms with Gasteiger partial charge in [0.1, 0.15) is 5.75 Å². The Balaban J connectivity index is 1.87. The lowest BCUT2D eigenvalue weighted by Crippen LogP contribution is -2.38. The third-order valence-corrected chi connectivity index (χ3v) is 4.56. The molecular weight excluding hydrogens is 302 g/mol. The third kappa shape index (κ3) is 3.53. The maximum atomic E-state index is 11.9. The van der Waals surface area contributed by atoms with Crippen molar-refractivity contribution in [2.45, 2.75) is 31.7 Å². The quantitative estimate of drug-likeness (QED) is 0.912. The van der Waals surface area contributed by atoms with Crippen LogP contribution in [-0.4, -0.2) is 25.9 Å². The van der Waals surface area contributed by atoms with E-state index in [0.717, 1.165) is 18.6 Å². The molecule has 2 aromatic carbocycles. The minimum Gasteiger partial charge on any atom is -0.497 e. The summed E-state index contributed by atoms with van der Waals surface area (Å²) >= 11 is 0. The number of hydrogen-bond acceptors (Lipinski definition) is 3. The van der Waals surface area contributed by atoms with Gasteiger partial charge in [-0.15, -0.1) is 0 Å². The number of hydrogen-bond donors (Lipinski definition) is 1. The van der Waals surface area contributed by atoms with Crippen molar-refractivity contribution in [1.29, 1.82) is 0 Å². The lowest BCUT2D eigenvalue weighted by atomic mass is 9.91. The van der Waals surface area contributed by atoms with Crippen LogP contribution in [0.2, 0.25) is 0 Å². The monoisotopic (exact) mass is 325 g/mol. The van der Waals surface area contributed by atoms with Gasteiger partial charge in [0, 0.05) is 12.0 Å². The van der Waals surface area contributed by atoms with E-state index in [1.807, 2.05) is 31.2 Å². The standard InChI is InChI=1S/C20H23NO3/c1-3-24-20(22)21-19-12-15-9-10-16(23-2)13-17(15)18(19)11-14-7-5-4-6-8-14/h4-10,13,18-19H,3,11-12H2,1-2H3,(H,21,22)/t18-,19+/m1/s1. The second-order valence-corrected chi connectivity index (χ2v) is 6.04. The first-order valence-electron chi connectivity index (χ1n) is 8.35. The van der Waals surface area contributed by atoms with Crippen LogP contribution in [0.25, 0.3) is 0 Å². The SMILES string of the molecule is CCOC(=O)N[C@H]1Cc2ccc(OC)cc2[C@H]1Cc1ccccc1. The topological polar surface area (TPSA) is 47.6 Å². The van der Waals surface area contributed by atoms with Gasteiger partial charge in [-0.1, -0.05) is 36.4 Å². The molecule has 0 aliphatic heterocycles. The van der Waals surface area contributed by atoms with Gasteiger partial charge in [-0.2, -0.15) is 0 Å². The summed E-state index contributed by atoms with van der Waals surface area (Å²) in [4.78, 5) is 11.9. The van der Waals surface area contributed by atoms with Gasteiger partial charge in [0.05, 0.1) is 13.7 Å². The Bertz CT molecular complexity index is 699. The normalized spacial score (nSPS) is 18.8. The summed E-state index contributed by atoms with van der Waals surface area (Å²) in [5.41, 5.74) is 3.77. The molecule has 0 aromatic heterocycles. The fourth-order valence-corrected chi connectivity index (χ4v) is 3.42. The number of methoxy groups -OCH3 is 1. The van der Waals surface area contributed by atoms with Crippen LogP contribution >= 0.6 is 0 Å². The number of alkyl carbamates (subject to hydrolysis) is 1. The molecule has 2 atom stereocenters. The molecule has 126 valence electrons. The fraction of sp³-hybridized carbons (Fsp3) is 0.350. The lowest BCUT2D eigenvalue weighted by Gasteiger charge is -2.22. The maximum absolute atomic E-state index is 11.9. The van der Waals surface area contributed by atoms with Crippen LogP contribution in [0.5, 0.6) is 5.75 Å². The van der Waals surface area contributed by atoms with E-state index in [4.69, 9.17) is 9.47 Å². The van der Waals surface area contributed by atoms with Crippen molar-refractivity contribution in [1.82, 2.24) is 5.32 Å². The molecule has 3 rings (SSSR count). The van der Waals surface area contributed by atoms with Crippen molar-refractivity contribution < 1.29 is 14.3 Å². The lowest BCUT2D eigenvalue weighted by molar-refractivity contribution is 0.147. The summed E-state index contributed by atoms with van der Waals surface area (Å²) in [5.74, 6) is 1.06. The van der Waals surface area contributed by atoms with Gasteiger partial charge < -0.3 is 14.8 Å². The maximum Gasteiger partial charge on any atom is 0.407 e. The van der Waals surface area contributed by atoms with Gasteiger partial charge in [-0.25, -0.2) is 4.79 Å². The molecule has 0 bridgehead atoms. The predicted molar refractivity (Wildman–Crippen MR) is 93.5 cm³/mol. The Labute approximate surface area is 142 Å². The molecule has 1 aliphatic rings. The zero-order chi connectivity index (χ0) is 16.9. The van der Waals surface area contributed by atoms with E-state index < -0.39 is 0 Å². The van der Waals surface area contributed by atoms with Crippen LogP contribution in [0.3, 0.4) is 0 Å². The van der Waals surface area contributed by atoms with Crippen molar-refractivity contribution >= 4 is 6.09 Å². The fourth-order valence-electron chi connectivity index (χ4n) is 3.42. The first-order chi connectivity index (χ1) is 11.7. The second kappa shape index (κ2) is 7.39. The first-order valence-corrected chi connectivity index (χ1v) is 8.35. The Morgan fingerprint density at radius 3 is 2.71 bits per heavy atom. The van der Waals surface area contributed by atoms with E-state index in [2.05, 4.69) is 29.6 Å². The predicted octanol–water partition coefficient (Wildman–Crippen LogP) is 3.69. The average molecular weight is 325 g/mol. The molecule has 0 fully saturated rings. The van der Waals surface area contributed by atoms with Gasteiger partial charge in [0.15, 0.2) is 0 Å². The zero-order valence-electron chi connectivity index (χ0n) is 14.1. The molecule has 0 unspecified atom stereocenters. The average Bonchev–Trinajstić information content (AvgIpc) is 2.92. The first kappa shape index (κ1) is 16.4. The summed E-state index contributed by atoms with van der Waals surface area (Å²) < 4.78 is 10.5. The number of nitrogens with one attached hydrogen (secondary N) is 1. The molecule has 4 nitrogen and oxygen atoms in total. The van der Waals surface area contributed by atoms with Gasteiger partial charge in [0.25, 0.3) is 0 Å². The number of amides is 1. The summed E-state index contributed by atoms with van der Waals surface area (Å²) in [5, 5.41) is 3.03. The minimum atomic E-state index is -0.347. The summed E-state index contributed by atoms with van der Waals surface area (Å²) in [7, 11) is 1.68. The highest BCUT2D eigenvalue weighted by atomic mass is 16.5. The van der Waals surface area contributed by atoms with Crippen LogP contribution in [0.15, 0.2) is 48.5 Å². The highest BCUT2D eigenvalue weighted by molar-refractivity contribution is 5.68. The van der Waals surface area contributed by atoms with Crippen LogP contribution in [0.1, 0.15) is 29.5 Å². The van der Waals surface area contributed by atoms with Crippen molar-refractivity contribution in [3.05, 3.63) is 65.2 Å². The Hall–Kier alpha value is -2.49. The smallest absolute Gasteiger partial charge is 0.407 e. The van der Waals surface area contributed by atoms with Gasteiger partial charge >= 0.3 is 6.09 Å². The summed E-state index contributed by atoms with van der Waals surface area (Å²) in [6, 6.07) is 16.6. The summed E-state index contributed by atoms with van der Waals surface area (Å²) in [6.07, 6.45) is 1.34. The van der Waals surface area contributed by atoms with Crippen molar-refractivity contribution in [3.63, 3.8) is 0 Å². The largest absolute Gasteiger partial charge is 0.497 e. The number of carbonyl (C=O) groups excluding carboxylic acids is 1. The molecule has 1 aliphatic carbocycles. The molecule has 0 saturated heterocycles. The third-order valence-electron chi connectivity index (χ3n) is 4.56. The van der Waals surface area contributed by atoms with Crippen LogP contribution in [-0.2, 0) is 17.6 Å². The molecule has 1 N–H and O–H groups in total. The van der Waals surface area contributed by atoms with Gasteiger partial charge in [-0.05, 0) is 48.6 Å². The molecular formula is C20H23NO3. The molecule has 0 spiro atoms. The van der Waals surface area contributed by atoms with Crippen molar-refractivity contribution in [2.24, 2.45) is 0 Å². The van der Waals surface area contributed by atoms with E-state index >= 15 is 0 Å². The Kier molecular flexibility index (Phi) is 5.04. The van der Waals surface area contributed by atoms with Crippen molar-refractivity contribution in [2.75, 3.05) is 13.7 Å². The molecule has 0 heterocycles. The molecule has 0 saturated carbocycles. The van der Waals surface area contributed by atoms with E-state index in [1.54, 1.807) is 7.11 Å². The van der Waals surface area contributed by atoms with Crippen LogP contribution in [0.4, 0.5) is 4.79 Å². The molecule has 0 radical (unpaired) electrons. The molecule has 1 amide bonds. The van der Waals surface area contributed by atoms with Gasteiger partial charge in [0.2, 0.25) is 0 Å². The minimum absolute atomic E-state index is 0.0337. The van der Waals surface area contributed by atoms with Crippen LogP contribution < -0.4 is 10.1 Å². The molecule has 24 heavy (non-hydrogen) atoms. The second-order valence-electron chi connectivity index (χ2n) is 6.04. The zero-order valence-corrected chi connectivity index (χ0v) is 14.1. The van der Waals surface area contributed by atoms with E-state index in [-0.39, 0.29) is 18.1 Å². The van der Waals surface area contributed by atoms with E-state index in [0.29, 0.717) is 6.61 Å². The molecule has 4 heteroatoms. The number of rotatable bonds is 5. The Morgan fingerprint density at radius 2 is 2.00 bits per heavy atom. The molecule has 2 aromatic rings. The number of fused-ring (bicyclic) bond motifs is 1. The highest BCUT2D eigenvalue weighted by Gasteiger charge is 2.34. The number of benzene rings is 2. The highest BCUT2D eigenvalue weighted by Crippen LogP contribution is 2.38. The summed E-state index contributed by atoms with van der Waals surface area (Å²) in [6.45, 7) is 2.19. The van der Waals surface area contributed by atoms with E-state index in [1.165, 1.54) is 16.7 Å². The number of ether oxygens (including phenoxy) is 2. The van der Waals surface area contributed by atoms with Crippen LogP contribution in [0, 0.1) is 0 Å². The Morgan fingerprint density at radius 1 is 1.21 bits per heavy atom. The van der Waals surface area contributed by atoms with Crippen molar-refractivity contribution in [3.8, 4) is 5.75 Å². The number of carbonyl (C=O) groups is 1.